The number of hydrogen-bond donors (Lipinski definition) is 8. The van der Waals surface area contributed by atoms with Crippen LogP contribution in [0.15, 0.2) is 4.99 Å². The van der Waals surface area contributed by atoms with E-state index in [9.17, 15) is 29.7 Å². The van der Waals surface area contributed by atoms with Crippen LogP contribution in [0.3, 0.4) is 0 Å². The van der Waals surface area contributed by atoms with E-state index in [0.717, 1.165) is 0 Å². The Hall–Kier alpha value is -2.72. The smallest absolute Gasteiger partial charge is 0.404 e. The van der Waals surface area contributed by atoms with Crippen molar-refractivity contribution >= 4 is 23.9 Å². The molecule has 0 unspecified atom stereocenters. The molecule has 180 valence electrons. The van der Waals surface area contributed by atoms with Gasteiger partial charge in [0.1, 0.15) is 18.2 Å². The zero-order valence-corrected chi connectivity index (χ0v) is 17.6. The molecule has 32 heavy (non-hydrogen) atoms. The molecule has 3 rings (SSSR count). The quantitative estimate of drug-likeness (QED) is 0.187. The number of amides is 3. The van der Waals surface area contributed by atoms with E-state index in [0.29, 0.717) is 0 Å². The number of piperidine rings is 1. The van der Waals surface area contributed by atoms with E-state index in [-0.39, 0.29) is 25.0 Å². The van der Waals surface area contributed by atoms with Gasteiger partial charge in [-0.2, -0.15) is 0 Å². The molecule has 0 aliphatic carbocycles. The number of hydrogen-bond acceptors (Lipinski definition) is 12. The fourth-order valence-electron chi connectivity index (χ4n) is 4.03. The van der Waals surface area contributed by atoms with Crippen LogP contribution in [0.5, 0.6) is 0 Å². The Balaban J connectivity index is 1.85. The van der Waals surface area contributed by atoms with Gasteiger partial charge in [-0.1, -0.05) is 0 Å². The minimum Gasteiger partial charge on any atom is -0.441 e. The van der Waals surface area contributed by atoms with Crippen molar-refractivity contribution in [3.05, 3.63) is 0 Å². The number of carbonyl (C=O) groups excluding carboxylic acids is 3. The van der Waals surface area contributed by atoms with Crippen molar-refractivity contribution in [1.29, 1.82) is 0 Å². The van der Waals surface area contributed by atoms with Crippen molar-refractivity contribution in [3.63, 3.8) is 0 Å². The first-order chi connectivity index (χ1) is 15.2. The number of aliphatic hydroxyl groups is 3. The van der Waals surface area contributed by atoms with Crippen LogP contribution >= 0.6 is 0 Å². The molecule has 0 bridgehead atoms. The van der Waals surface area contributed by atoms with E-state index in [2.05, 4.69) is 26.3 Å². The van der Waals surface area contributed by atoms with Gasteiger partial charge in [0.15, 0.2) is 24.3 Å². The van der Waals surface area contributed by atoms with E-state index in [1.165, 1.54) is 11.9 Å². The van der Waals surface area contributed by atoms with Crippen LogP contribution < -0.4 is 27.0 Å². The summed E-state index contributed by atoms with van der Waals surface area (Å²) < 4.78 is 10.7. The fraction of sp³-hybridized carbons (Fsp3) is 0.765. The maximum absolute atomic E-state index is 12.5. The monoisotopic (exact) mass is 459 g/mol. The predicted octanol–water partition coefficient (Wildman–Crippen LogP) is -5.65. The summed E-state index contributed by atoms with van der Waals surface area (Å²) >= 11 is 0. The Morgan fingerprint density at radius 3 is 2.72 bits per heavy atom. The molecule has 3 aliphatic rings. The van der Waals surface area contributed by atoms with Crippen molar-refractivity contribution in [2.45, 2.75) is 48.8 Å². The third-order valence-corrected chi connectivity index (χ3v) is 5.64. The average molecular weight is 459 g/mol. The number of carbonyl (C=O) groups is 3. The summed E-state index contributed by atoms with van der Waals surface area (Å²) in [4.78, 5) is 41.3. The van der Waals surface area contributed by atoms with Gasteiger partial charge in [-0.05, 0) is 7.05 Å². The van der Waals surface area contributed by atoms with E-state index in [1.807, 2.05) is 0 Å². The number of aliphatic imine (C=N–C) groups is 1. The highest BCUT2D eigenvalue weighted by Gasteiger charge is 2.51. The number of guanidine groups is 1. The summed E-state index contributed by atoms with van der Waals surface area (Å²) in [5, 5.41) is 41.8. The molecule has 3 aliphatic heterocycles. The third kappa shape index (κ3) is 4.71. The highest BCUT2D eigenvalue weighted by molar-refractivity contribution is 5.92. The minimum absolute atomic E-state index is 0.0487. The van der Waals surface area contributed by atoms with Gasteiger partial charge in [-0.25, -0.2) is 9.79 Å². The molecule has 0 aromatic rings. The van der Waals surface area contributed by atoms with Crippen LogP contribution in [0.4, 0.5) is 4.79 Å². The topological polar surface area (TPSA) is 220 Å². The number of rotatable bonds is 6. The second kappa shape index (κ2) is 9.83. The summed E-state index contributed by atoms with van der Waals surface area (Å²) in [6.45, 7) is -0.607. The van der Waals surface area contributed by atoms with Crippen molar-refractivity contribution < 1.29 is 39.2 Å². The van der Waals surface area contributed by atoms with Crippen LogP contribution in [-0.4, -0.2) is 127 Å². The standard InChI is InChI=1S/C17H29N7O8/c1-19-4-8(27)24(2)11-12(28)13(32-16(18)30)7(5-25)31-15(11)23-17-21-9-6(26)3-20-14(29)10(9)22-17/h6-7,9-13,15,19,25-26,28H,3-5H2,1-2H3,(H2,18,30)(H,20,29)(H2,21,22,23)/t6-,7-,9-,10+,11-,12+,13+,15-/m1/s1. The summed E-state index contributed by atoms with van der Waals surface area (Å²) in [7, 11) is 3.00. The Labute approximate surface area is 183 Å². The lowest BCUT2D eigenvalue weighted by Gasteiger charge is -2.47. The molecule has 3 heterocycles. The molecule has 0 saturated carbocycles. The Morgan fingerprint density at radius 2 is 2.12 bits per heavy atom. The lowest BCUT2D eigenvalue weighted by Crippen LogP contribution is -2.70. The Bertz CT molecular complexity index is 767. The normalized spacial score (nSPS) is 36.3. The number of fused-ring (bicyclic) bond motifs is 1. The molecule has 2 saturated heterocycles. The van der Waals surface area contributed by atoms with Gasteiger partial charge in [0, 0.05) is 13.6 Å². The number of nitrogens with zero attached hydrogens (tertiary/aromatic N) is 2. The second-order valence-corrected chi connectivity index (χ2v) is 7.74. The van der Waals surface area contributed by atoms with Gasteiger partial charge in [0.25, 0.3) is 0 Å². The van der Waals surface area contributed by atoms with Crippen molar-refractivity contribution in [2.75, 3.05) is 33.8 Å². The highest BCUT2D eigenvalue weighted by Crippen LogP contribution is 2.26. The largest absolute Gasteiger partial charge is 0.441 e. The zero-order valence-electron chi connectivity index (χ0n) is 17.6. The van der Waals surface area contributed by atoms with Crippen LogP contribution in [0.2, 0.25) is 0 Å². The van der Waals surface area contributed by atoms with Crippen molar-refractivity contribution in [2.24, 2.45) is 10.7 Å². The molecule has 15 heteroatoms. The maximum atomic E-state index is 12.5. The van der Waals surface area contributed by atoms with Crippen LogP contribution in [0.25, 0.3) is 0 Å². The Kier molecular flexibility index (Phi) is 7.35. The summed E-state index contributed by atoms with van der Waals surface area (Å²) in [5.74, 6) is -0.675. The maximum Gasteiger partial charge on any atom is 0.404 e. The van der Waals surface area contributed by atoms with Crippen molar-refractivity contribution in [1.82, 2.24) is 26.2 Å². The summed E-state index contributed by atoms with van der Waals surface area (Å²) in [6, 6.07) is -2.65. The highest BCUT2D eigenvalue weighted by atomic mass is 16.6. The van der Waals surface area contributed by atoms with Gasteiger partial charge < -0.3 is 56.7 Å². The van der Waals surface area contributed by atoms with Gasteiger partial charge in [-0.3, -0.25) is 9.59 Å². The van der Waals surface area contributed by atoms with E-state index >= 15 is 0 Å². The number of nitrogens with two attached hydrogens (primary N) is 1. The SMILES string of the molecule is CNCC(=O)N(C)[C@@H]1[C@H](O)[C@@H](OC(N)=O)[C@@H](CO)O[C@H]1NC1=N[C@@H]2C(=O)NC[C@@H](O)[C@H]2N1. The molecule has 9 N–H and O–H groups in total. The van der Waals surface area contributed by atoms with E-state index < -0.39 is 67.4 Å². The lowest BCUT2D eigenvalue weighted by molar-refractivity contribution is -0.215. The summed E-state index contributed by atoms with van der Waals surface area (Å²) in [5.41, 5.74) is 5.09. The molecule has 15 nitrogen and oxygen atoms in total. The summed E-state index contributed by atoms with van der Waals surface area (Å²) in [6.07, 6.45) is -7.21. The number of ether oxygens (including phenoxy) is 2. The van der Waals surface area contributed by atoms with Gasteiger partial charge in [0.05, 0.1) is 25.3 Å². The molecule has 0 aromatic heterocycles. The zero-order chi connectivity index (χ0) is 23.6. The second-order valence-electron chi connectivity index (χ2n) is 7.74. The predicted molar refractivity (Wildman–Crippen MR) is 107 cm³/mol. The first-order valence-corrected chi connectivity index (χ1v) is 10.0. The lowest BCUT2D eigenvalue weighted by atomic mass is 9.94. The fourth-order valence-corrected chi connectivity index (χ4v) is 4.03. The van der Waals surface area contributed by atoms with Crippen LogP contribution in [-0.2, 0) is 19.1 Å². The number of nitrogens with one attached hydrogen (secondary N) is 4. The first-order valence-electron chi connectivity index (χ1n) is 10.0. The molecule has 3 amide bonds. The molecule has 0 radical (unpaired) electrons. The Morgan fingerprint density at radius 1 is 1.41 bits per heavy atom. The van der Waals surface area contributed by atoms with Crippen LogP contribution in [0, 0.1) is 0 Å². The van der Waals surface area contributed by atoms with E-state index in [4.69, 9.17) is 15.2 Å². The third-order valence-electron chi connectivity index (χ3n) is 5.64. The van der Waals surface area contributed by atoms with Gasteiger partial charge in [0.2, 0.25) is 11.8 Å². The van der Waals surface area contributed by atoms with Crippen molar-refractivity contribution in [3.8, 4) is 0 Å². The number of primary amides is 1. The van der Waals surface area contributed by atoms with Crippen LogP contribution in [0.1, 0.15) is 0 Å². The molecule has 0 aromatic carbocycles. The minimum atomic E-state index is -1.49. The number of β-amino-alcohol motifs (C(OH)–C–C–N with tert-alkyl or cyclic N) is 1. The number of aliphatic hydroxyl groups excluding tert-OH is 3. The molecule has 8 atom stereocenters. The molecule has 2 fully saturated rings. The molecular formula is C17H29N7O8. The van der Waals surface area contributed by atoms with Gasteiger partial charge in [-0.15, -0.1) is 0 Å². The molecule has 0 spiro atoms. The number of likely N-dealkylation sites (N-methyl/N-ethyl adjacent to an activating group) is 2. The first kappa shape index (κ1) is 23.9. The average Bonchev–Trinajstić information content (AvgIpc) is 3.17. The van der Waals surface area contributed by atoms with E-state index in [1.54, 1.807) is 7.05 Å². The molecular weight excluding hydrogens is 430 g/mol. The van der Waals surface area contributed by atoms with Gasteiger partial charge >= 0.3 is 6.09 Å².